The number of phenolic OH excluding ortho intramolecular Hbond substituents is 9. The second-order valence-electron chi connectivity index (χ2n) is 9.73. The van der Waals surface area contributed by atoms with Crippen molar-refractivity contribution in [2.45, 2.75) is 24.4 Å². The van der Waals surface area contributed by atoms with Crippen molar-refractivity contribution in [3.8, 4) is 62.9 Å². The van der Waals surface area contributed by atoms with E-state index >= 15 is 0 Å². The third-order valence-corrected chi connectivity index (χ3v) is 6.93. The van der Waals surface area contributed by atoms with E-state index in [0.717, 1.165) is 12.1 Å². The highest BCUT2D eigenvalue weighted by molar-refractivity contribution is 6.08. The fraction of sp³-hybridized carbons (Fsp3) is 0.222. The number of ether oxygens (including phenoxy) is 3. The zero-order chi connectivity index (χ0) is 32.9. The molecule has 2 aliphatic rings. The molecule has 3 aromatic carbocycles. The fourth-order valence-electron chi connectivity index (χ4n) is 4.63. The van der Waals surface area contributed by atoms with Crippen molar-refractivity contribution in [3.63, 3.8) is 0 Å². The number of hydrogen-bond donors (Lipinski definition) is 10. The number of cyclic esters (lactones) is 1. The molecule has 0 saturated carbocycles. The minimum Gasteiger partial charge on any atom is -0.504 e. The first kappa shape index (κ1) is 30.6. The van der Waals surface area contributed by atoms with Gasteiger partial charge >= 0.3 is 17.9 Å². The van der Waals surface area contributed by atoms with Gasteiger partial charge in [0.25, 0.3) is 0 Å². The van der Waals surface area contributed by atoms with Crippen LogP contribution < -0.4 is 0 Å². The average molecular weight is 634 g/mol. The van der Waals surface area contributed by atoms with Gasteiger partial charge < -0.3 is 65.3 Å². The number of aromatic hydroxyl groups is 9. The van der Waals surface area contributed by atoms with Crippen LogP contribution in [-0.4, -0.2) is 107 Å². The maximum absolute atomic E-state index is 13.5. The number of esters is 2. The number of aliphatic hydroxyl groups is 1. The van der Waals surface area contributed by atoms with Gasteiger partial charge in [0.1, 0.15) is 18.8 Å². The lowest BCUT2D eigenvalue weighted by Crippen LogP contribution is -2.57. The Balaban J connectivity index is 1.56. The predicted octanol–water partition coefficient (Wildman–Crippen LogP) is 0.317. The summed E-state index contributed by atoms with van der Waals surface area (Å²) in [6.07, 6.45) is -6.77. The molecule has 0 radical (unpaired) electrons. The molecule has 2 heterocycles. The molecule has 3 aromatic rings. The highest BCUT2D eigenvalue weighted by atomic mass is 17.2. The van der Waals surface area contributed by atoms with Crippen LogP contribution in [0.5, 0.6) is 51.7 Å². The number of hydrogen-bond acceptors (Lipinski definition) is 18. The third kappa shape index (κ3) is 5.28. The summed E-state index contributed by atoms with van der Waals surface area (Å²) in [5.41, 5.74) is -3.85. The Morgan fingerprint density at radius 2 is 1.20 bits per heavy atom. The maximum Gasteiger partial charge on any atom is 0.373 e. The molecule has 0 amide bonds. The lowest BCUT2D eigenvalue weighted by molar-refractivity contribution is -0.327. The zero-order valence-corrected chi connectivity index (χ0v) is 22.3. The molecule has 0 spiro atoms. The van der Waals surface area contributed by atoms with E-state index in [1.807, 2.05) is 0 Å². The molecule has 0 aliphatic carbocycles. The normalized spacial score (nSPS) is 21.3. The maximum atomic E-state index is 13.5. The van der Waals surface area contributed by atoms with Gasteiger partial charge in [0.15, 0.2) is 52.5 Å². The van der Waals surface area contributed by atoms with Crippen LogP contribution >= 0.6 is 0 Å². The van der Waals surface area contributed by atoms with E-state index < -0.39 is 135 Å². The first-order valence-corrected chi connectivity index (χ1v) is 12.6. The molecular weight excluding hydrogens is 612 g/mol. The lowest BCUT2D eigenvalue weighted by atomic mass is 9.91. The zero-order valence-electron chi connectivity index (χ0n) is 22.3. The van der Waals surface area contributed by atoms with Gasteiger partial charge in [-0.3, -0.25) is 4.89 Å². The smallest absolute Gasteiger partial charge is 0.373 e. The van der Waals surface area contributed by atoms with Crippen LogP contribution in [-0.2, 0) is 24.0 Å². The standard InChI is InChI=1S/C27H22O18/c28-10-1-7(2-11(29)18(10)32)25(38)45-44-15-6-41-14-5-42-26(39)8-3-12(30)19(33)22(36)16(8)17-9(4-13(31)20(34)23(17)37)27(40)43-24(15)21(14)35/h1-4,14-15,21,24,28-37H,5-6H2/t14?,15?,21-,24-/m1/s1. The van der Waals surface area contributed by atoms with E-state index in [2.05, 4.69) is 4.89 Å². The van der Waals surface area contributed by atoms with Crippen LogP contribution in [0, 0.1) is 0 Å². The fourth-order valence-corrected chi connectivity index (χ4v) is 4.63. The van der Waals surface area contributed by atoms with Gasteiger partial charge in [-0.2, -0.15) is 4.89 Å². The number of carbonyl (C=O) groups is 3. The molecule has 2 bridgehead atoms. The average Bonchev–Trinajstić information content (AvgIpc) is 3.00. The molecule has 2 aliphatic heterocycles. The number of rotatable bonds is 3. The second kappa shape index (κ2) is 11.3. The SMILES string of the molecule is O=C(OOC1COC2COC(=O)c3cc(O)c(O)c(O)c3-c3c(cc(O)c(O)c3O)C(=O)O[C@H]1[C@@H]2O)c1cc(O)c(O)c(O)c1. The van der Waals surface area contributed by atoms with Gasteiger partial charge in [-0.15, -0.1) is 0 Å². The van der Waals surface area contributed by atoms with Crippen LogP contribution in [0.1, 0.15) is 31.1 Å². The Kier molecular flexibility index (Phi) is 7.71. The molecule has 1 fully saturated rings. The van der Waals surface area contributed by atoms with Crippen molar-refractivity contribution in [1.82, 2.24) is 0 Å². The number of carbonyl (C=O) groups excluding carboxylic acids is 3. The van der Waals surface area contributed by atoms with Gasteiger partial charge in [-0.1, -0.05) is 0 Å². The molecule has 10 N–H and O–H groups in total. The van der Waals surface area contributed by atoms with Gasteiger partial charge in [0.05, 0.1) is 23.3 Å². The van der Waals surface area contributed by atoms with Crippen molar-refractivity contribution in [2.24, 2.45) is 0 Å². The van der Waals surface area contributed by atoms with Crippen LogP contribution in [0.15, 0.2) is 24.3 Å². The summed E-state index contributed by atoms with van der Waals surface area (Å²) in [7, 11) is 0. The van der Waals surface area contributed by atoms with Gasteiger partial charge in [0.2, 0.25) is 11.5 Å². The van der Waals surface area contributed by atoms with Gasteiger partial charge in [0, 0.05) is 11.1 Å². The van der Waals surface area contributed by atoms with Gasteiger partial charge in [-0.05, 0) is 24.3 Å². The van der Waals surface area contributed by atoms with Crippen molar-refractivity contribution in [3.05, 3.63) is 41.0 Å². The summed E-state index contributed by atoms with van der Waals surface area (Å²) >= 11 is 0. The van der Waals surface area contributed by atoms with E-state index in [1.165, 1.54) is 0 Å². The Labute approximate surface area is 249 Å². The third-order valence-electron chi connectivity index (χ3n) is 6.93. The number of fused-ring (bicyclic) bond motifs is 5. The monoisotopic (exact) mass is 634 g/mol. The first-order valence-electron chi connectivity index (χ1n) is 12.6. The highest BCUT2D eigenvalue weighted by Gasteiger charge is 2.46. The van der Waals surface area contributed by atoms with Crippen molar-refractivity contribution < 1.29 is 89.4 Å². The molecule has 4 atom stereocenters. The quantitative estimate of drug-likeness (QED) is 0.0802. The number of benzene rings is 3. The topological polar surface area (TPSA) is 300 Å². The largest absolute Gasteiger partial charge is 0.504 e. The molecular formula is C27H22O18. The highest BCUT2D eigenvalue weighted by Crippen LogP contribution is 2.52. The van der Waals surface area contributed by atoms with E-state index in [9.17, 15) is 65.4 Å². The summed E-state index contributed by atoms with van der Waals surface area (Å²) in [6, 6.07) is 2.62. The molecule has 18 heteroatoms. The van der Waals surface area contributed by atoms with Crippen LogP contribution in [0.3, 0.4) is 0 Å². The van der Waals surface area contributed by atoms with Crippen molar-refractivity contribution in [2.75, 3.05) is 13.2 Å². The lowest BCUT2D eigenvalue weighted by Gasteiger charge is -2.38. The van der Waals surface area contributed by atoms with Crippen LogP contribution in [0.4, 0.5) is 0 Å². The predicted molar refractivity (Wildman–Crippen MR) is 139 cm³/mol. The molecule has 238 valence electrons. The number of phenols is 9. The van der Waals surface area contributed by atoms with Crippen LogP contribution in [0.25, 0.3) is 11.1 Å². The Morgan fingerprint density at radius 3 is 1.76 bits per heavy atom. The Bertz CT molecular complexity index is 1710. The molecule has 5 rings (SSSR count). The second-order valence-corrected chi connectivity index (χ2v) is 9.73. The number of aliphatic hydroxyl groups excluding tert-OH is 1. The van der Waals surface area contributed by atoms with E-state index in [4.69, 9.17) is 19.1 Å². The summed E-state index contributed by atoms with van der Waals surface area (Å²) in [5, 5.41) is 102. The molecule has 2 unspecified atom stereocenters. The first-order chi connectivity index (χ1) is 21.2. The summed E-state index contributed by atoms with van der Waals surface area (Å²) in [5.74, 6) is -14.0. The minimum atomic E-state index is -1.88. The summed E-state index contributed by atoms with van der Waals surface area (Å²) in [4.78, 5) is 48.8. The Hall–Kier alpha value is -5.85. The van der Waals surface area contributed by atoms with E-state index in [0.29, 0.717) is 12.1 Å². The minimum absolute atomic E-state index is 0.506. The van der Waals surface area contributed by atoms with E-state index in [-0.39, 0.29) is 0 Å². The van der Waals surface area contributed by atoms with Crippen molar-refractivity contribution in [1.29, 1.82) is 0 Å². The molecule has 1 saturated heterocycles. The Morgan fingerprint density at radius 1 is 0.689 bits per heavy atom. The molecule has 18 nitrogen and oxygen atoms in total. The van der Waals surface area contributed by atoms with Crippen molar-refractivity contribution >= 4 is 17.9 Å². The molecule has 45 heavy (non-hydrogen) atoms. The van der Waals surface area contributed by atoms with Gasteiger partial charge in [-0.25, -0.2) is 14.4 Å². The summed E-state index contributed by atoms with van der Waals surface area (Å²) < 4.78 is 16.0. The van der Waals surface area contributed by atoms with Crippen LogP contribution in [0.2, 0.25) is 0 Å². The summed E-state index contributed by atoms with van der Waals surface area (Å²) in [6.45, 7) is -1.35. The van der Waals surface area contributed by atoms with E-state index in [1.54, 1.807) is 0 Å². The molecule has 0 aromatic heterocycles.